The van der Waals surface area contributed by atoms with Gasteiger partial charge in [-0.2, -0.15) is 5.06 Å². The second kappa shape index (κ2) is 4.49. The molecule has 0 saturated heterocycles. The molecule has 0 fully saturated rings. The quantitative estimate of drug-likeness (QED) is 0.336. The third-order valence-corrected chi connectivity index (χ3v) is 0.931. The molecule has 4 heteroatoms. The maximum Gasteiger partial charge on any atom is 0.358 e. The highest BCUT2D eigenvalue weighted by Gasteiger charge is 2.08. The van der Waals surface area contributed by atoms with E-state index in [1.54, 1.807) is 6.92 Å². The van der Waals surface area contributed by atoms with Crippen LogP contribution in [0.2, 0.25) is 0 Å². The minimum atomic E-state index is -0.616. The topological polar surface area (TPSA) is 46.6 Å². The molecule has 0 aromatic carbocycles. The van der Waals surface area contributed by atoms with Crippen molar-refractivity contribution in [1.82, 2.24) is 5.06 Å². The monoisotopic (exact) mass is 156 g/mol. The Bertz CT molecular complexity index is 177. The maximum atomic E-state index is 10.7. The zero-order valence-corrected chi connectivity index (χ0v) is 6.59. The van der Waals surface area contributed by atoms with E-state index in [1.165, 1.54) is 13.3 Å². The lowest BCUT2D eigenvalue weighted by molar-refractivity contribution is -0.167. The molecule has 61 valence electrons. The van der Waals surface area contributed by atoms with Gasteiger partial charge in [-0.15, -0.1) is 0 Å². The molecular weight excluding hydrogens is 146 g/mol. The van der Waals surface area contributed by atoms with E-state index in [-0.39, 0.29) is 12.1 Å². The second-order valence-electron chi connectivity index (χ2n) is 1.95. The van der Waals surface area contributed by atoms with Crippen LogP contribution < -0.4 is 0 Å². The smallest absolute Gasteiger partial charge is 0.333 e. The van der Waals surface area contributed by atoms with Gasteiger partial charge in [0.15, 0.2) is 0 Å². The van der Waals surface area contributed by atoms with Gasteiger partial charge in [0.1, 0.15) is 0 Å². The van der Waals surface area contributed by atoms with Gasteiger partial charge in [-0.1, -0.05) is 6.58 Å². The molecule has 0 heterocycles. The lowest BCUT2D eigenvalue weighted by Gasteiger charge is -2.11. The minimum absolute atomic E-state index is 0.249. The summed E-state index contributed by atoms with van der Waals surface area (Å²) in [5.41, 5.74) is 0.249. The highest BCUT2D eigenvalue weighted by molar-refractivity contribution is 5.87. The Kier molecular flexibility index (Phi) is 3.95. The molecule has 0 N–H and O–H groups in total. The van der Waals surface area contributed by atoms with Gasteiger partial charge in [0.25, 0.3) is 0 Å². The average Bonchev–Trinajstić information content (AvgIpc) is 1.99. The summed E-state index contributed by atoms with van der Waals surface area (Å²) in [6.45, 7) is 6.79. The highest BCUT2D eigenvalue weighted by Crippen LogP contribution is 1.94. The van der Waals surface area contributed by atoms with Crippen LogP contribution in [0.25, 0.3) is 0 Å². The van der Waals surface area contributed by atoms with Crippen LogP contribution in [0.4, 0.5) is 0 Å². The van der Waals surface area contributed by atoms with E-state index in [4.69, 9.17) is 0 Å². The number of hydroxylamine groups is 2. The van der Waals surface area contributed by atoms with E-state index < -0.39 is 5.97 Å². The molecule has 11 heavy (non-hydrogen) atoms. The molecule has 0 aliphatic carbocycles. The fourth-order valence-corrected chi connectivity index (χ4v) is 0.326. The van der Waals surface area contributed by atoms with Crippen molar-refractivity contribution in [3.05, 3.63) is 12.2 Å². The predicted octanol–water partition coefficient (Wildman–Crippen LogP) is 0.410. The van der Waals surface area contributed by atoms with Crippen LogP contribution >= 0.6 is 0 Å². The minimum Gasteiger partial charge on any atom is -0.333 e. The van der Waals surface area contributed by atoms with Crippen LogP contribution in [0, 0.1) is 0 Å². The molecule has 1 amide bonds. The van der Waals surface area contributed by atoms with Crippen LogP contribution in [0.5, 0.6) is 0 Å². The molecule has 0 saturated carbocycles. The van der Waals surface area contributed by atoms with E-state index in [0.717, 1.165) is 5.06 Å². The zero-order chi connectivity index (χ0) is 8.85. The van der Waals surface area contributed by atoms with Gasteiger partial charge in [-0.25, -0.2) is 4.79 Å². The molecule has 0 aliphatic heterocycles. The summed E-state index contributed by atoms with van der Waals surface area (Å²) in [4.78, 5) is 25.2. The Morgan fingerprint density at radius 3 is 2.55 bits per heavy atom. The normalized spacial score (nSPS) is 8.55. The van der Waals surface area contributed by atoms with Crippen molar-refractivity contribution >= 4 is 12.4 Å². The number of amides is 1. The van der Waals surface area contributed by atoms with E-state index in [0.29, 0.717) is 0 Å². The molecule has 0 aromatic rings. The van der Waals surface area contributed by atoms with E-state index in [1.807, 2.05) is 0 Å². The van der Waals surface area contributed by atoms with E-state index in [9.17, 15) is 9.59 Å². The van der Waals surface area contributed by atoms with Crippen LogP contribution in [-0.2, 0) is 14.4 Å². The first-order chi connectivity index (χ1) is 5.11. The van der Waals surface area contributed by atoms with Gasteiger partial charge in [-0.3, -0.25) is 4.79 Å². The SMILES string of the molecule is C=C(C)C(=O)ON([C]=O)CC. The summed E-state index contributed by atoms with van der Waals surface area (Å²) in [6, 6.07) is 0. The summed E-state index contributed by atoms with van der Waals surface area (Å²) in [6.07, 6.45) is 1.44. The molecule has 4 nitrogen and oxygen atoms in total. The fourth-order valence-electron chi connectivity index (χ4n) is 0.326. The lowest BCUT2D eigenvalue weighted by atomic mass is 10.4. The van der Waals surface area contributed by atoms with Crippen molar-refractivity contribution in [3.63, 3.8) is 0 Å². The van der Waals surface area contributed by atoms with Gasteiger partial charge < -0.3 is 4.84 Å². The van der Waals surface area contributed by atoms with Crippen molar-refractivity contribution in [2.45, 2.75) is 13.8 Å². The summed E-state index contributed by atoms with van der Waals surface area (Å²) >= 11 is 0. The highest BCUT2D eigenvalue weighted by atomic mass is 16.7. The summed E-state index contributed by atoms with van der Waals surface area (Å²) in [5, 5.41) is 0.775. The van der Waals surface area contributed by atoms with Crippen LogP contribution in [0.1, 0.15) is 13.8 Å². The number of carbonyl (C=O) groups is 1. The van der Waals surface area contributed by atoms with E-state index >= 15 is 0 Å². The van der Waals surface area contributed by atoms with Crippen LogP contribution in [0.15, 0.2) is 12.2 Å². The van der Waals surface area contributed by atoms with Gasteiger partial charge in [0.05, 0.1) is 6.54 Å². The Balaban J connectivity index is 3.91. The maximum absolute atomic E-state index is 10.7. The van der Waals surface area contributed by atoms with Gasteiger partial charge in [0, 0.05) is 5.57 Å². The molecule has 0 atom stereocenters. The van der Waals surface area contributed by atoms with Crippen molar-refractivity contribution in [3.8, 4) is 0 Å². The zero-order valence-electron chi connectivity index (χ0n) is 6.59. The van der Waals surface area contributed by atoms with Gasteiger partial charge in [0.2, 0.25) is 0 Å². The van der Waals surface area contributed by atoms with Crippen LogP contribution in [-0.4, -0.2) is 24.0 Å². The number of hydrogen-bond donors (Lipinski definition) is 0. The summed E-state index contributed by atoms with van der Waals surface area (Å²) in [5.74, 6) is -0.616. The largest absolute Gasteiger partial charge is 0.358 e. The summed E-state index contributed by atoms with van der Waals surface area (Å²) in [7, 11) is 0. The number of carbonyl (C=O) groups excluding carboxylic acids is 2. The van der Waals surface area contributed by atoms with Gasteiger partial charge in [-0.05, 0) is 13.8 Å². The average molecular weight is 156 g/mol. The lowest BCUT2D eigenvalue weighted by Crippen LogP contribution is -2.25. The first-order valence-corrected chi connectivity index (χ1v) is 3.15. The third-order valence-electron chi connectivity index (χ3n) is 0.931. The van der Waals surface area contributed by atoms with Crippen molar-refractivity contribution in [1.29, 1.82) is 0 Å². The first kappa shape index (κ1) is 9.68. The molecule has 0 unspecified atom stereocenters. The van der Waals surface area contributed by atoms with Gasteiger partial charge >= 0.3 is 12.4 Å². The molecular formula is C7H10NO3. The predicted molar refractivity (Wildman–Crippen MR) is 39.0 cm³/mol. The number of hydrogen-bond acceptors (Lipinski definition) is 3. The third kappa shape index (κ3) is 3.40. The van der Waals surface area contributed by atoms with Crippen molar-refractivity contribution in [2.75, 3.05) is 6.54 Å². The van der Waals surface area contributed by atoms with Crippen molar-refractivity contribution in [2.24, 2.45) is 0 Å². The number of rotatable bonds is 4. The Labute approximate surface area is 65.4 Å². The first-order valence-electron chi connectivity index (χ1n) is 3.15. The molecule has 0 bridgehead atoms. The molecule has 0 spiro atoms. The van der Waals surface area contributed by atoms with Crippen molar-refractivity contribution < 1.29 is 14.4 Å². The Morgan fingerprint density at radius 2 is 2.27 bits per heavy atom. The Morgan fingerprint density at radius 1 is 1.73 bits per heavy atom. The van der Waals surface area contributed by atoms with Crippen LogP contribution in [0.3, 0.4) is 0 Å². The fraction of sp³-hybridized carbons (Fsp3) is 0.429. The Hall–Kier alpha value is -1.32. The molecule has 0 rings (SSSR count). The standard InChI is InChI=1S/C7H10NO3/c1-4-8(5-9)11-7(10)6(2)3/h2,4H2,1,3H3. The molecule has 1 radical (unpaired) electrons. The van der Waals surface area contributed by atoms with E-state index in [2.05, 4.69) is 11.4 Å². The summed E-state index contributed by atoms with van der Waals surface area (Å²) < 4.78 is 0. The molecule has 0 aliphatic rings. The molecule has 0 aromatic heterocycles. The number of nitrogens with zero attached hydrogens (tertiary/aromatic N) is 1. The second-order valence-corrected chi connectivity index (χ2v) is 1.95.